The Balaban J connectivity index is 1.79. The van der Waals surface area contributed by atoms with Gasteiger partial charge in [-0.1, -0.05) is 17.7 Å². The van der Waals surface area contributed by atoms with Crippen LogP contribution >= 0.6 is 0 Å². The van der Waals surface area contributed by atoms with E-state index in [0.717, 1.165) is 12.0 Å². The molecule has 1 aromatic carbocycles. The normalized spacial score (nSPS) is 12.4. The second-order valence-electron chi connectivity index (χ2n) is 8.01. The third-order valence-corrected chi connectivity index (χ3v) is 4.92. The fourth-order valence-electron chi connectivity index (χ4n) is 3.23. The van der Waals surface area contributed by atoms with E-state index < -0.39 is 17.4 Å². The average molecular weight is 446 g/mol. The van der Waals surface area contributed by atoms with E-state index in [9.17, 15) is 14.7 Å². The minimum atomic E-state index is -0.907. The summed E-state index contributed by atoms with van der Waals surface area (Å²) < 4.78 is 14.1. The lowest BCUT2D eigenvalue weighted by atomic mass is 10.2. The Morgan fingerprint density at radius 2 is 1.94 bits per heavy atom. The van der Waals surface area contributed by atoms with Gasteiger partial charge < -0.3 is 24.5 Å². The van der Waals surface area contributed by atoms with Crippen LogP contribution in [0.15, 0.2) is 33.9 Å². The first-order valence-electron chi connectivity index (χ1n) is 10.7. The quantitative estimate of drug-likeness (QED) is 0.381. The summed E-state index contributed by atoms with van der Waals surface area (Å²) in [5, 5.41) is 13.8. The molecule has 0 amide bonds. The highest BCUT2D eigenvalue weighted by molar-refractivity contribution is 5.74. The van der Waals surface area contributed by atoms with Gasteiger partial charge >= 0.3 is 5.69 Å². The molecule has 0 aliphatic rings. The maximum atomic E-state index is 12.5. The molecule has 2 aromatic heterocycles. The minimum Gasteiger partial charge on any atom is -0.491 e. The number of ether oxygens (including phenoxy) is 2. The van der Waals surface area contributed by atoms with Gasteiger partial charge in [0, 0.05) is 20.2 Å². The predicted octanol–water partition coefficient (Wildman–Crippen LogP) is 1.40. The number of aliphatic hydroxyl groups excluding tert-OH is 1. The van der Waals surface area contributed by atoms with Crippen molar-refractivity contribution < 1.29 is 14.6 Å². The molecule has 3 aromatic rings. The van der Waals surface area contributed by atoms with Crippen LogP contribution in [-0.4, -0.2) is 56.2 Å². The fourth-order valence-corrected chi connectivity index (χ4v) is 3.23. The molecule has 1 atom stereocenters. The number of benzene rings is 1. The zero-order valence-electron chi connectivity index (χ0n) is 18.9. The van der Waals surface area contributed by atoms with Crippen LogP contribution in [0.25, 0.3) is 11.2 Å². The molecular formula is C22H31N5O5. The molecule has 0 radical (unpaired) electrons. The number of rotatable bonds is 11. The number of fused-ring (bicyclic) bond motifs is 1. The van der Waals surface area contributed by atoms with E-state index in [2.05, 4.69) is 15.3 Å². The van der Waals surface area contributed by atoms with Crippen molar-refractivity contribution in [2.45, 2.75) is 45.9 Å². The van der Waals surface area contributed by atoms with E-state index in [-0.39, 0.29) is 30.4 Å². The summed E-state index contributed by atoms with van der Waals surface area (Å²) in [4.78, 5) is 31.3. The number of aromatic amines is 1. The van der Waals surface area contributed by atoms with E-state index in [1.807, 2.05) is 45.0 Å². The summed E-state index contributed by atoms with van der Waals surface area (Å²) in [7, 11) is 1.54. The van der Waals surface area contributed by atoms with E-state index in [1.165, 1.54) is 11.6 Å². The molecular weight excluding hydrogens is 414 g/mol. The first-order valence-corrected chi connectivity index (χ1v) is 10.7. The van der Waals surface area contributed by atoms with Gasteiger partial charge in [0.15, 0.2) is 11.2 Å². The third-order valence-electron chi connectivity index (χ3n) is 4.92. The molecule has 10 nitrogen and oxygen atoms in total. The molecule has 0 bridgehead atoms. The average Bonchev–Trinajstić information content (AvgIpc) is 3.10. The summed E-state index contributed by atoms with van der Waals surface area (Å²) in [5.74, 6) is 1.04. The second kappa shape index (κ2) is 10.5. The maximum Gasteiger partial charge on any atom is 0.329 e. The van der Waals surface area contributed by atoms with E-state index in [4.69, 9.17) is 9.47 Å². The Labute approximate surface area is 185 Å². The van der Waals surface area contributed by atoms with Gasteiger partial charge in [-0.15, -0.1) is 0 Å². The van der Waals surface area contributed by atoms with E-state index in [1.54, 1.807) is 4.57 Å². The largest absolute Gasteiger partial charge is 0.491 e. The van der Waals surface area contributed by atoms with Crippen molar-refractivity contribution in [2.24, 2.45) is 7.05 Å². The predicted molar refractivity (Wildman–Crippen MR) is 122 cm³/mol. The fraction of sp³-hybridized carbons (Fsp3) is 0.500. The SMILES string of the molecule is Cc1ccc(OC[C@H](O)Cn2c(NCCCOC(C)C)nc3c2c(=O)[nH]c(=O)n3C)cc1. The van der Waals surface area contributed by atoms with Crippen molar-refractivity contribution in [1.82, 2.24) is 19.1 Å². The Morgan fingerprint density at radius 1 is 1.22 bits per heavy atom. The van der Waals surface area contributed by atoms with Crippen LogP contribution in [0.1, 0.15) is 25.8 Å². The number of aromatic nitrogens is 4. The van der Waals surface area contributed by atoms with Crippen LogP contribution in [-0.2, 0) is 18.3 Å². The molecule has 10 heteroatoms. The zero-order valence-corrected chi connectivity index (χ0v) is 18.9. The van der Waals surface area contributed by atoms with Gasteiger partial charge in [0.2, 0.25) is 5.95 Å². The lowest BCUT2D eigenvalue weighted by molar-refractivity contribution is 0.0786. The van der Waals surface area contributed by atoms with Crippen molar-refractivity contribution in [3.8, 4) is 5.75 Å². The summed E-state index contributed by atoms with van der Waals surface area (Å²) in [6, 6.07) is 7.52. The molecule has 3 rings (SSSR count). The summed E-state index contributed by atoms with van der Waals surface area (Å²) in [6.45, 7) is 7.16. The lowest BCUT2D eigenvalue weighted by Crippen LogP contribution is -2.31. The number of nitrogens with zero attached hydrogens (tertiary/aromatic N) is 3. The van der Waals surface area contributed by atoms with Gasteiger partial charge in [0.1, 0.15) is 18.5 Å². The number of imidazole rings is 1. The molecule has 0 unspecified atom stereocenters. The van der Waals surface area contributed by atoms with Crippen molar-refractivity contribution in [3.05, 3.63) is 50.7 Å². The summed E-state index contributed by atoms with van der Waals surface area (Å²) in [5.41, 5.74) is 0.460. The van der Waals surface area contributed by atoms with Gasteiger partial charge in [-0.3, -0.25) is 14.3 Å². The van der Waals surface area contributed by atoms with Crippen molar-refractivity contribution in [1.29, 1.82) is 0 Å². The van der Waals surface area contributed by atoms with E-state index >= 15 is 0 Å². The molecule has 174 valence electrons. The Hall–Kier alpha value is -3.11. The Kier molecular flexibility index (Phi) is 7.70. The molecule has 0 fully saturated rings. The standard InChI is InChI=1S/C22H31N5O5/c1-14(2)31-11-5-10-23-21-24-19-18(20(29)25-22(30)26(19)4)27(21)12-16(28)13-32-17-8-6-15(3)7-9-17/h6-9,14,16,28H,5,10-13H2,1-4H3,(H,23,24)(H,25,29,30)/t16-/m1/s1. The van der Waals surface area contributed by atoms with Crippen molar-refractivity contribution in [2.75, 3.05) is 25.1 Å². The number of hydrogen-bond acceptors (Lipinski definition) is 7. The molecule has 0 spiro atoms. The van der Waals surface area contributed by atoms with Crippen LogP contribution in [0.5, 0.6) is 5.75 Å². The Morgan fingerprint density at radius 3 is 2.62 bits per heavy atom. The van der Waals surface area contributed by atoms with Crippen LogP contribution in [0.4, 0.5) is 5.95 Å². The number of anilines is 1. The van der Waals surface area contributed by atoms with Gasteiger partial charge in [0.25, 0.3) is 5.56 Å². The highest BCUT2D eigenvalue weighted by atomic mass is 16.5. The third kappa shape index (κ3) is 5.77. The van der Waals surface area contributed by atoms with Crippen LogP contribution in [0.3, 0.4) is 0 Å². The molecule has 2 heterocycles. The second-order valence-corrected chi connectivity index (χ2v) is 8.01. The smallest absolute Gasteiger partial charge is 0.329 e. The Bertz CT molecular complexity index is 1150. The molecule has 3 N–H and O–H groups in total. The lowest BCUT2D eigenvalue weighted by Gasteiger charge is -2.16. The highest BCUT2D eigenvalue weighted by Crippen LogP contribution is 2.17. The van der Waals surface area contributed by atoms with Gasteiger partial charge in [-0.2, -0.15) is 4.98 Å². The maximum absolute atomic E-state index is 12.5. The van der Waals surface area contributed by atoms with Gasteiger partial charge in [-0.25, -0.2) is 4.79 Å². The van der Waals surface area contributed by atoms with Crippen LogP contribution in [0.2, 0.25) is 0 Å². The molecule has 0 saturated heterocycles. The number of aryl methyl sites for hydroxylation is 2. The number of nitrogens with one attached hydrogen (secondary N) is 2. The summed E-state index contributed by atoms with van der Waals surface area (Å²) in [6.07, 6.45) is -0.0260. The number of hydrogen-bond donors (Lipinski definition) is 3. The molecule has 0 aliphatic carbocycles. The minimum absolute atomic E-state index is 0.0358. The molecule has 32 heavy (non-hydrogen) atoms. The van der Waals surface area contributed by atoms with Crippen LogP contribution < -0.4 is 21.3 Å². The van der Waals surface area contributed by atoms with Crippen LogP contribution in [0, 0.1) is 6.92 Å². The van der Waals surface area contributed by atoms with Gasteiger partial charge in [0.05, 0.1) is 12.6 Å². The summed E-state index contributed by atoms with van der Waals surface area (Å²) >= 11 is 0. The van der Waals surface area contributed by atoms with Crippen molar-refractivity contribution >= 4 is 17.1 Å². The molecule has 0 saturated carbocycles. The van der Waals surface area contributed by atoms with Gasteiger partial charge in [-0.05, 0) is 39.3 Å². The first-order chi connectivity index (χ1) is 15.3. The zero-order chi connectivity index (χ0) is 23.3. The monoisotopic (exact) mass is 445 g/mol. The highest BCUT2D eigenvalue weighted by Gasteiger charge is 2.19. The topological polar surface area (TPSA) is 123 Å². The van der Waals surface area contributed by atoms with E-state index in [0.29, 0.717) is 24.8 Å². The first kappa shape index (κ1) is 23.6. The number of aliphatic hydroxyl groups is 1. The molecule has 0 aliphatic heterocycles. The number of H-pyrrole nitrogens is 1. The van der Waals surface area contributed by atoms with Crippen molar-refractivity contribution in [3.63, 3.8) is 0 Å².